The van der Waals surface area contributed by atoms with Crippen LogP contribution in [0.4, 0.5) is 13.2 Å². The van der Waals surface area contributed by atoms with Crippen LogP contribution in [0.15, 0.2) is 0 Å². The average molecular weight is 311 g/mol. The number of halogens is 3. The molecule has 9 heteroatoms. The SMILES string of the molecule is NCCCC[C@H](N)C(=O)N1CCC(OC(=O)C(F)(F)F)C1. The van der Waals surface area contributed by atoms with Gasteiger partial charge in [0, 0.05) is 13.0 Å². The highest BCUT2D eigenvalue weighted by Gasteiger charge is 2.43. The molecule has 0 aromatic carbocycles. The Morgan fingerprint density at radius 2 is 2.00 bits per heavy atom. The summed E-state index contributed by atoms with van der Waals surface area (Å²) in [6.07, 6.45) is -3.82. The third kappa shape index (κ3) is 5.50. The Labute approximate surface area is 120 Å². The standard InChI is InChI=1S/C12H20F3N3O3/c13-12(14,15)11(20)21-8-4-6-18(7-8)10(19)9(17)3-1-2-5-16/h8-9H,1-7,16-17H2/t8?,9-/m0/s1. The Hall–Kier alpha value is -1.35. The molecule has 1 aliphatic heterocycles. The highest BCUT2D eigenvalue weighted by atomic mass is 19.4. The molecule has 0 spiro atoms. The first kappa shape index (κ1) is 17.7. The molecule has 0 aromatic heterocycles. The molecule has 1 rings (SSSR count). The second-order valence-electron chi connectivity index (χ2n) is 4.99. The van der Waals surface area contributed by atoms with Gasteiger partial charge in [-0.05, 0) is 19.4 Å². The van der Waals surface area contributed by atoms with Crippen LogP contribution in [-0.2, 0) is 14.3 Å². The van der Waals surface area contributed by atoms with E-state index >= 15 is 0 Å². The van der Waals surface area contributed by atoms with Gasteiger partial charge in [0.1, 0.15) is 6.10 Å². The Kier molecular flexibility index (Phi) is 6.41. The van der Waals surface area contributed by atoms with Gasteiger partial charge in [-0.1, -0.05) is 6.42 Å². The predicted octanol–water partition coefficient (Wildman–Crippen LogP) is 0.149. The van der Waals surface area contributed by atoms with Gasteiger partial charge in [-0.25, -0.2) is 4.79 Å². The molecular weight excluding hydrogens is 291 g/mol. The summed E-state index contributed by atoms with van der Waals surface area (Å²) >= 11 is 0. The van der Waals surface area contributed by atoms with E-state index in [1.165, 1.54) is 4.90 Å². The second kappa shape index (κ2) is 7.60. The minimum atomic E-state index is -5.02. The monoisotopic (exact) mass is 311 g/mol. The van der Waals surface area contributed by atoms with Crippen LogP contribution < -0.4 is 11.5 Å². The molecule has 0 bridgehead atoms. The third-order valence-electron chi connectivity index (χ3n) is 3.25. The lowest BCUT2D eigenvalue weighted by Crippen LogP contribution is -2.43. The number of likely N-dealkylation sites (tertiary alicyclic amines) is 1. The van der Waals surface area contributed by atoms with Crippen molar-refractivity contribution in [1.82, 2.24) is 4.90 Å². The minimum Gasteiger partial charge on any atom is -0.454 e. The molecular formula is C12H20F3N3O3. The van der Waals surface area contributed by atoms with Crippen molar-refractivity contribution in [2.75, 3.05) is 19.6 Å². The van der Waals surface area contributed by atoms with Crippen LogP contribution in [0, 0.1) is 0 Å². The molecule has 1 heterocycles. The summed E-state index contributed by atoms with van der Waals surface area (Å²) < 4.78 is 40.5. The largest absolute Gasteiger partial charge is 0.490 e. The number of hydrogen-bond acceptors (Lipinski definition) is 5. The fraction of sp³-hybridized carbons (Fsp3) is 0.833. The fourth-order valence-electron chi connectivity index (χ4n) is 2.11. The van der Waals surface area contributed by atoms with E-state index in [9.17, 15) is 22.8 Å². The van der Waals surface area contributed by atoms with E-state index < -0.39 is 24.3 Å². The number of unbranched alkanes of at least 4 members (excludes halogenated alkanes) is 1. The number of esters is 1. The first-order chi connectivity index (χ1) is 9.75. The molecule has 1 amide bonds. The second-order valence-corrected chi connectivity index (χ2v) is 4.99. The normalized spacial score (nSPS) is 20.4. The summed E-state index contributed by atoms with van der Waals surface area (Å²) in [6.45, 7) is 0.699. The topological polar surface area (TPSA) is 98.7 Å². The number of alkyl halides is 3. The van der Waals surface area contributed by atoms with Crippen molar-refractivity contribution in [2.24, 2.45) is 11.5 Å². The van der Waals surface area contributed by atoms with E-state index in [2.05, 4.69) is 4.74 Å². The smallest absolute Gasteiger partial charge is 0.454 e. The fourth-order valence-corrected chi connectivity index (χ4v) is 2.11. The summed E-state index contributed by atoms with van der Waals surface area (Å²) in [5.74, 6) is -2.56. The van der Waals surface area contributed by atoms with Crippen LogP contribution in [0.1, 0.15) is 25.7 Å². The van der Waals surface area contributed by atoms with Gasteiger partial charge in [0.15, 0.2) is 0 Å². The Morgan fingerprint density at radius 1 is 1.33 bits per heavy atom. The zero-order chi connectivity index (χ0) is 16.0. The van der Waals surface area contributed by atoms with Gasteiger partial charge in [0.2, 0.25) is 5.91 Å². The van der Waals surface area contributed by atoms with E-state index in [1.807, 2.05) is 0 Å². The lowest BCUT2D eigenvalue weighted by Gasteiger charge is -2.21. The molecule has 0 aromatic rings. The summed E-state index contributed by atoms with van der Waals surface area (Å²) in [5, 5.41) is 0. The van der Waals surface area contributed by atoms with E-state index in [4.69, 9.17) is 11.5 Å². The molecule has 0 radical (unpaired) electrons. The van der Waals surface area contributed by atoms with Crippen LogP contribution in [0.25, 0.3) is 0 Å². The van der Waals surface area contributed by atoms with E-state index in [0.717, 1.165) is 6.42 Å². The first-order valence-electron chi connectivity index (χ1n) is 6.78. The number of rotatable bonds is 6. The minimum absolute atomic E-state index is 0.0504. The molecule has 21 heavy (non-hydrogen) atoms. The van der Waals surface area contributed by atoms with Crippen LogP contribution in [0.5, 0.6) is 0 Å². The molecule has 4 N–H and O–H groups in total. The molecule has 1 fully saturated rings. The van der Waals surface area contributed by atoms with Crippen molar-refractivity contribution >= 4 is 11.9 Å². The summed E-state index contributed by atoms with van der Waals surface area (Å²) in [5.41, 5.74) is 11.1. The van der Waals surface area contributed by atoms with Crippen LogP contribution in [-0.4, -0.2) is 54.7 Å². The summed E-state index contributed by atoms with van der Waals surface area (Å²) in [6, 6.07) is -0.700. The molecule has 1 aliphatic rings. The van der Waals surface area contributed by atoms with Gasteiger partial charge in [-0.3, -0.25) is 4.79 Å². The average Bonchev–Trinajstić information content (AvgIpc) is 2.85. The Balaban J connectivity index is 2.39. The van der Waals surface area contributed by atoms with Gasteiger partial charge in [-0.2, -0.15) is 13.2 Å². The van der Waals surface area contributed by atoms with Gasteiger partial charge in [0.25, 0.3) is 0 Å². The number of ether oxygens (including phenoxy) is 1. The zero-order valence-corrected chi connectivity index (χ0v) is 11.6. The van der Waals surface area contributed by atoms with Crippen molar-refractivity contribution in [2.45, 2.75) is 44.0 Å². The zero-order valence-electron chi connectivity index (χ0n) is 11.6. The van der Waals surface area contributed by atoms with Crippen molar-refractivity contribution in [1.29, 1.82) is 0 Å². The lowest BCUT2D eigenvalue weighted by atomic mass is 10.1. The number of carbonyl (C=O) groups is 2. The number of carbonyl (C=O) groups excluding carboxylic acids is 2. The maximum atomic E-state index is 12.1. The molecule has 1 unspecified atom stereocenters. The molecule has 6 nitrogen and oxygen atoms in total. The summed E-state index contributed by atoms with van der Waals surface area (Å²) in [4.78, 5) is 24.0. The van der Waals surface area contributed by atoms with Crippen molar-refractivity contribution in [3.63, 3.8) is 0 Å². The number of nitrogens with two attached hydrogens (primary N) is 2. The predicted molar refractivity (Wildman–Crippen MR) is 68.0 cm³/mol. The van der Waals surface area contributed by atoms with Crippen molar-refractivity contribution < 1.29 is 27.5 Å². The number of amides is 1. The highest BCUT2D eigenvalue weighted by Crippen LogP contribution is 2.21. The van der Waals surface area contributed by atoms with Crippen molar-refractivity contribution in [3.8, 4) is 0 Å². The van der Waals surface area contributed by atoms with Gasteiger partial charge in [-0.15, -0.1) is 0 Å². The van der Waals surface area contributed by atoms with Gasteiger partial charge in [0.05, 0.1) is 12.6 Å². The quantitative estimate of drug-likeness (QED) is 0.537. The van der Waals surface area contributed by atoms with Crippen molar-refractivity contribution in [3.05, 3.63) is 0 Å². The number of nitrogens with zero attached hydrogens (tertiary/aromatic N) is 1. The summed E-state index contributed by atoms with van der Waals surface area (Å²) in [7, 11) is 0. The van der Waals surface area contributed by atoms with E-state index in [0.29, 0.717) is 19.4 Å². The maximum absolute atomic E-state index is 12.1. The molecule has 0 aliphatic carbocycles. The van der Waals surface area contributed by atoms with Crippen LogP contribution >= 0.6 is 0 Å². The van der Waals surface area contributed by atoms with Gasteiger partial charge < -0.3 is 21.1 Å². The maximum Gasteiger partial charge on any atom is 0.490 e. The Bertz CT molecular complexity index is 376. The van der Waals surface area contributed by atoms with Gasteiger partial charge >= 0.3 is 12.1 Å². The third-order valence-corrected chi connectivity index (χ3v) is 3.25. The Morgan fingerprint density at radius 3 is 2.57 bits per heavy atom. The first-order valence-corrected chi connectivity index (χ1v) is 6.78. The lowest BCUT2D eigenvalue weighted by molar-refractivity contribution is -0.204. The van der Waals surface area contributed by atoms with E-state index in [1.54, 1.807) is 0 Å². The molecule has 1 saturated heterocycles. The van der Waals surface area contributed by atoms with Crippen LogP contribution in [0.3, 0.4) is 0 Å². The molecule has 0 saturated carbocycles. The number of hydrogen-bond donors (Lipinski definition) is 2. The highest BCUT2D eigenvalue weighted by molar-refractivity contribution is 5.82. The molecule has 122 valence electrons. The van der Waals surface area contributed by atoms with Crippen LogP contribution in [0.2, 0.25) is 0 Å². The molecule has 2 atom stereocenters. The van der Waals surface area contributed by atoms with E-state index in [-0.39, 0.29) is 25.4 Å².